The predicted octanol–water partition coefficient (Wildman–Crippen LogP) is 7.54. The maximum absolute atomic E-state index is 10.9. The molecule has 0 aromatic heterocycles. The molecule has 184 valence electrons. The number of hydrogen-bond donors (Lipinski definition) is 1. The largest absolute Gasteiger partial charge is 0.481 e. The number of carboxylic acids is 1. The number of rotatable bonds is 15. The van der Waals surface area contributed by atoms with Crippen molar-refractivity contribution in [2.45, 2.75) is 104 Å². The van der Waals surface area contributed by atoms with Crippen molar-refractivity contribution < 1.29 is 19.1 Å². The fraction of sp³-hybridized carbons (Fsp3) is 0.741. The van der Waals surface area contributed by atoms with Gasteiger partial charge in [0, 0.05) is 19.1 Å². The molecule has 1 aromatic rings. The van der Waals surface area contributed by atoms with E-state index in [0.717, 1.165) is 25.7 Å². The summed E-state index contributed by atoms with van der Waals surface area (Å²) < 4.78 is 12.9. The second-order valence-corrected chi connectivity index (χ2v) is 16.1. The highest BCUT2D eigenvalue weighted by molar-refractivity contribution is 6.74. The Bertz CT molecular complexity index is 653. The lowest BCUT2D eigenvalue weighted by Gasteiger charge is -2.41. The van der Waals surface area contributed by atoms with Gasteiger partial charge in [0.2, 0.25) is 0 Å². The molecule has 0 aliphatic carbocycles. The van der Waals surface area contributed by atoms with Gasteiger partial charge < -0.3 is 14.3 Å². The average molecular weight is 465 g/mol. The molecule has 1 rings (SSSR count). The van der Waals surface area contributed by atoms with Gasteiger partial charge in [-0.05, 0) is 67.1 Å². The molecule has 0 saturated heterocycles. The lowest BCUT2D eigenvalue weighted by atomic mass is 9.85. The predicted molar refractivity (Wildman–Crippen MR) is 136 cm³/mol. The van der Waals surface area contributed by atoms with Crippen LogP contribution in [0.3, 0.4) is 0 Å². The lowest BCUT2D eigenvalue weighted by molar-refractivity contribution is -0.137. The van der Waals surface area contributed by atoms with Crippen LogP contribution >= 0.6 is 0 Å². The van der Waals surface area contributed by atoms with Crippen molar-refractivity contribution >= 4 is 14.3 Å². The summed E-state index contributed by atoms with van der Waals surface area (Å²) in [6, 6.07) is 10.3. The average Bonchev–Trinajstić information content (AvgIpc) is 2.68. The molecule has 4 nitrogen and oxygen atoms in total. The molecule has 0 unspecified atom stereocenters. The molecule has 0 radical (unpaired) electrons. The van der Waals surface area contributed by atoms with Crippen molar-refractivity contribution in [3.05, 3.63) is 35.9 Å². The Hall–Kier alpha value is -1.17. The van der Waals surface area contributed by atoms with E-state index in [1.54, 1.807) is 0 Å². The Morgan fingerprint density at radius 3 is 2.19 bits per heavy atom. The van der Waals surface area contributed by atoms with Crippen molar-refractivity contribution in [1.82, 2.24) is 0 Å². The van der Waals surface area contributed by atoms with Crippen LogP contribution in [0.5, 0.6) is 0 Å². The second-order valence-electron chi connectivity index (χ2n) is 11.3. The standard InChI is InChI=1S/C27H48O4Si/c1-21(14-15-26(28)29)18-22(2)19-23(3)25(31-32(7,8)27(4,5)6)16-17-30-20-24-12-10-9-11-13-24/h9-13,21-23,25H,14-20H2,1-8H3,(H,28,29)/t21-,22-,23-,25-/m0/s1. The Morgan fingerprint density at radius 2 is 1.62 bits per heavy atom. The molecule has 0 aliphatic rings. The van der Waals surface area contributed by atoms with Crippen LogP contribution in [0.25, 0.3) is 0 Å². The van der Waals surface area contributed by atoms with Gasteiger partial charge in [-0.25, -0.2) is 0 Å². The first kappa shape index (κ1) is 28.9. The Labute approximate surface area is 198 Å². The highest BCUT2D eigenvalue weighted by Crippen LogP contribution is 2.39. The quantitative estimate of drug-likeness (QED) is 0.215. The number of carboxylic acid groups (broad SMARTS) is 1. The van der Waals surface area contributed by atoms with E-state index in [9.17, 15) is 4.79 Å². The molecule has 4 atom stereocenters. The SMILES string of the molecule is C[C@@H](CCC(=O)O)C[C@H](C)C[C@H](C)[C@H](CCOCc1ccccc1)O[Si](C)(C)C(C)(C)C. The van der Waals surface area contributed by atoms with Crippen LogP contribution in [0, 0.1) is 17.8 Å². The zero-order valence-corrected chi connectivity index (χ0v) is 22.8. The van der Waals surface area contributed by atoms with E-state index in [1.165, 1.54) is 5.56 Å². The van der Waals surface area contributed by atoms with Crippen molar-refractivity contribution in [1.29, 1.82) is 0 Å². The van der Waals surface area contributed by atoms with Crippen LogP contribution in [-0.2, 0) is 20.6 Å². The molecule has 0 bridgehead atoms. The maximum atomic E-state index is 10.9. The summed E-state index contributed by atoms with van der Waals surface area (Å²) in [5, 5.41) is 9.11. The van der Waals surface area contributed by atoms with Crippen LogP contribution in [0.15, 0.2) is 30.3 Å². The molecule has 0 heterocycles. The molecule has 0 spiro atoms. The van der Waals surface area contributed by atoms with Gasteiger partial charge in [0.05, 0.1) is 6.61 Å². The molecule has 32 heavy (non-hydrogen) atoms. The van der Waals surface area contributed by atoms with Crippen molar-refractivity contribution in [2.24, 2.45) is 17.8 Å². The van der Waals surface area contributed by atoms with Crippen LogP contribution in [0.4, 0.5) is 0 Å². The van der Waals surface area contributed by atoms with E-state index >= 15 is 0 Å². The topological polar surface area (TPSA) is 55.8 Å². The fourth-order valence-electron chi connectivity index (χ4n) is 4.04. The van der Waals surface area contributed by atoms with Gasteiger partial charge in [-0.2, -0.15) is 0 Å². The number of carbonyl (C=O) groups is 1. The van der Waals surface area contributed by atoms with E-state index in [2.05, 4.69) is 66.8 Å². The molecular weight excluding hydrogens is 416 g/mol. The molecular formula is C27H48O4Si. The number of aliphatic carboxylic acids is 1. The van der Waals surface area contributed by atoms with Gasteiger partial charge >= 0.3 is 5.97 Å². The third-order valence-electron chi connectivity index (χ3n) is 6.98. The summed E-state index contributed by atoms with van der Waals surface area (Å²) in [6.45, 7) is 19.6. The zero-order chi connectivity index (χ0) is 24.4. The van der Waals surface area contributed by atoms with E-state index in [1.807, 2.05) is 18.2 Å². The van der Waals surface area contributed by atoms with Crippen LogP contribution < -0.4 is 0 Å². The van der Waals surface area contributed by atoms with E-state index in [0.29, 0.717) is 31.0 Å². The molecule has 0 aliphatic heterocycles. The van der Waals surface area contributed by atoms with Gasteiger partial charge in [-0.15, -0.1) is 0 Å². The molecule has 1 aromatic carbocycles. The lowest BCUT2D eigenvalue weighted by Crippen LogP contribution is -2.46. The first-order valence-electron chi connectivity index (χ1n) is 12.3. The summed E-state index contributed by atoms with van der Waals surface area (Å²) in [5.41, 5.74) is 1.20. The fourth-order valence-corrected chi connectivity index (χ4v) is 5.50. The summed E-state index contributed by atoms with van der Waals surface area (Å²) in [6.07, 6.45) is 4.26. The molecule has 0 amide bonds. The number of benzene rings is 1. The van der Waals surface area contributed by atoms with Crippen molar-refractivity contribution in [3.8, 4) is 0 Å². The number of hydrogen-bond acceptors (Lipinski definition) is 3. The summed E-state index contributed by atoms with van der Waals surface area (Å²) >= 11 is 0. The van der Waals surface area contributed by atoms with Crippen LogP contribution in [-0.4, -0.2) is 32.1 Å². The minimum Gasteiger partial charge on any atom is -0.481 e. The smallest absolute Gasteiger partial charge is 0.303 e. The van der Waals surface area contributed by atoms with Gasteiger partial charge in [-0.1, -0.05) is 71.9 Å². The Morgan fingerprint density at radius 1 is 1.00 bits per heavy atom. The highest BCUT2D eigenvalue weighted by atomic mass is 28.4. The van der Waals surface area contributed by atoms with Crippen molar-refractivity contribution in [3.63, 3.8) is 0 Å². The minimum atomic E-state index is -1.88. The third kappa shape index (κ3) is 11.1. The summed E-state index contributed by atoms with van der Waals surface area (Å²) in [4.78, 5) is 10.9. The van der Waals surface area contributed by atoms with Crippen LogP contribution in [0.2, 0.25) is 18.1 Å². The van der Waals surface area contributed by atoms with Gasteiger partial charge in [-0.3, -0.25) is 4.79 Å². The molecule has 0 fully saturated rings. The molecule has 1 N–H and O–H groups in total. The third-order valence-corrected chi connectivity index (χ3v) is 11.5. The normalized spacial score (nSPS) is 16.4. The Balaban J connectivity index is 2.67. The maximum Gasteiger partial charge on any atom is 0.303 e. The first-order valence-corrected chi connectivity index (χ1v) is 15.2. The zero-order valence-electron chi connectivity index (χ0n) is 21.8. The van der Waals surface area contributed by atoms with Crippen LogP contribution in [0.1, 0.15) is 79.2 Å². The van der Waals surface area contributed by atoms with E-state index in [-0.39, 0.29) is 17.6 Å². The van der Waals surface area contributed by atoms with Gasteiger partial charge in [0.1, 0.15) is 0 Å². The first-order chi connectivity index (χ1) is 14.8. The van der Waals surface area contributed by atoms with Gasteiger partial charge in [0.15, 0.2) is 8.32 Å². The monoisotopic (exact) mass is 464 g/mol. The van der Waals surface area contributed by atoms with Crippen molar-refractivity contribution in [2.75, 3.05) is 6.61 Å². The summed E-state index contributed by atoms with van der Waals surface area (Å²) in [5.74, 6) is 0.717. The second kappa shape index (κ2) is 13.5. The highest BCUT2D eigenvalue weighted by Gasteiger charge is 2.40. The summed E-state index contributed by atoms with van der Waals surface area (Å²) in [7, 11) is -1.88. The number of ether oxygens (including phenoxy) is 1. The Kier molecular flexibility index (Phi) is 12.2. The van der Waals surface area contributed by atoms with Gasteiger partial charge in [0.25, 0.3) is 0 Å². The molecule has 5 heteroatoms. The van der Waals surface area contributed by atoms with E-state index in [4.69, 9.17) is 14.3 Å². The molecule has 0 saturated carbocycles. The van der Waals surface area contributed by atoms with E-state index < -0.39 is 14.3 Å². The minimum absolute atomic E-state index is 0.173.